The number of nitrogens with zero attached hydrogens (tertiary/aromatic N) is 3. The molecule has 2 aromatic heterocycles. The Kier molecular flexibility index (Phi) is 3.40. The summed E-state index contributed by atoms with van der Waals surface area (Å²) in [4.78, 5) is 18.3. The van der Waals surface area contributed by atoms with Gasteiger partial charge in [0.25, 0.3) is 0 Å². The first kappa shape index (κ1) is 13.7. The van der Waals surface area contributed by atoms with E-state index < -0.39 is 16.4 Å². The summed E-state index contributed by atoms with van der Waals surface area (Å²) < 4.78 is 19.0. The Morgan fingerprint density at radius 1 is 1.33 bits per heavy atom. The van der Waals surface area contributed by atoms with Crippen molar-refractivity contribution in [1.29, 1.82) is 0 Å². The topological polar surface area (TPSA) is 78.2 Å². The third kappa shape index (κ3) is 2.63. The molecular formula is C12H5ClFN3O3S. The zero-order chi connectivity index (χ0) is 15.0. The van der Waals surface area contributed by atoms with E-state index in [1.165, 1.54) is 17.4 Å². The number of hydrogen-bond acceptors (Lipinski definition) is 6. The monoisotopic (exact) mass is 325 g/mol. The minimum absolute atomic E-state index is 0.00216. The molecule has 0 N–H and O–H groups in total. The summed E-state index contributed by atoms with van der Waals surface area (Å²) in [5.41, 5.74) is -0.622. The summed E-state index contributed by atoms with van der Waals surface area (Å²) >= 11 is 7.14. The Labute approximate surface area is 125 Å². The van der Waals surface area contributed by atoms with Gasteiger partial charge in [0.15, 0.2) is 0 Å². The fourth-order valence-corrected chi connectivity index (χ4v) is 2.66. The molecule has 0 aliphatic heterocycles. The molecule has 3 rings (SSSR count). The summed E-state index contributed by atoms with van der Waals surface area (Å²) in [6.07, 6.45) is 0. The average Bonchev–Trinajstić information content (AvgIpc) is 2.86. The van der Waals surface area contributed by atoms with Crippen LogP contribution in [0.5, 0.6) is 11.6 Å². The Morgan fingerprint density at radius 3 is 2.86 bits per heavy atom. The molecule has 21 heavy (non-hydrogen) atoms. The molecule has 0 fully saturated rings. The van der Waals surface area contributed by atoms with Crippen LogP contribution < -0.4 is 4.74 Å². The lowest BCUT2D eigenvalue weighted by molar-refractivity contribution is -0.387. The van der Waals surface area contributed by atoms with Crippen LogP contribution in [-0.2, 0) is 0 Å². The van der Waals surface area contributed by atoms with Crippen LogP contribution in [0, 0.1) is 15.9 Å². The van der Waals surface area contributed by atoms with Gasteiger partial charge in [-0.05, 0) is 29.1 Å². The zero-order valence-electron chi connectivity index (χ0n) is 10.1. The van der Waals surface area contributed by atoms with E-state index in [4.69, 9.17) is 16.3 Å². The summed E-state index contributed by atoms with van der Waals surface area (Å²) in [6, 6.07) is 4.98. The van der Waals surface area contributed by atoms with E-state index in [0.717, 1.165) is 12.1 Å². The number of aromatic nitrogens is 2. The minimum atomic E-state index is -0.987. The number of ether oxygens (including phenoxy) is 1. The van der Waals surface area contributed by atoms with Crippen LogP contribution in [-0.4, -0.2) is 14.9 Å². The van der Waals surface area contributed by atoms with E-state index in [1.54, 1.807) is 11.4 Å². The SMILES string of the molecule is O=[N+]([O-])c1ccc(Oc2nc(Cl)nc3sccc23)cc1F. The van der Waals surface area contributed by atoms with Crippen molar-refractivity contribution in [3.63, 3.8) is 0 Å². The van der Waals surface area contributed by atoms with Crippen LogP contribution >= 0.6 is 22.9 Å². The van der Waals surface area contributed by atoms with Gasteiger partial charge in [-0.3, -0.25) is 10.1 Å². The predicted octanol–water partition coefficient (Wildman–Crippen LogP) is 4.18. The van der Waals surface area contributed by atoms with Crippen molar-refractivity contribution in [1.82, 2.24) is 9.97 Å². The lowest BCUT2D eigenvalue weighted by Crippen LogP contribution is -1.95. The van der Waals surface area contributed by atoms with Crippen molar-refractivity contribution in [2.75, 3.05) is 0 Å². The molecule has 106 valence electrons. The number of nitro benzene ring substituents is 1. The summed E-state index contributed by atoms with van der Waals surface area (Å²) in [7, 11) is 0. The Hall–Kier alpha value is -2.32. The molecule has 0 bridgehead atoms. The molecule has 3 aromatic rings. The van der Waals surface area contributed by atoms with E-state index in [1.807, 2.05) is 0 Å². The van der Waals surface area contributed by atoms with Gasteiger partial charge >= 0.3 is 5.69 Å². The van der Waals surface area contributed by atoms with E-state index >= 15 is 0 Å². The predicted molar refractivity (Wildman–Crippen MR) is 75.6 cm³/mol. The first-order chi connectivity index (χ1) is 10.0. The van der Waals surface area contributed by atoms with Crippen LogP contribution in [0.25, 0.3) is 10.2 Å². The van der Waals surface area contributed by atoms with Crippen LogP contribution in [0.3, 0.4) is 0 Å². The number of fused-ring (bicyclic) bond motifs is 1. The lowest BCUT2D eigenvalue weighted by Gasteiger charge is -2.06. The Bertz CT molecular complexity index is 855. The number of thiophene rings is 1. The van der Waals surface area contributed by atoms with Gasteiger partial charge in [-0.1, -0.05) is 0 Å². The van der Waals surface area contributed by atoms with Gasteiger partial charge in [0.1, 0.15) is 10.6 Å². The van der Waals surface area contributed by atoms with Gasteiger partial charge in [0.05, 0.1) is 10.3 Å². The van der Waals surface area contributed by atoms with Crippen molar-refractivity contribution in [3.05, 3.63) is 50.9 Å². The second-order valence-electron chi connectivity index (χ2n) is 3.91. The third-order valence-electron chi connectivity index (χ3n) is 2.59. The van der Waals surface area contributed by atoms with Crippen LogP contribution in [0.1, 0.15) is 0 Å². The van der Waals surface area contributed by atoms with E-state index in [0.29, 0.717) is 10.2 Å². The highest BCUT2D eigenvalue weighted by atomic mass is 35.5. The standard InChI is InChI=1S/C12H5ClFN3O3S/c13-12-15-10(7-3-4-21-11(7)16-12)20-6-1-2-9(17(18)19)8(14)5-6/h1-5H. The smallest absolute Gasteiger partial charge is 0.305 e. The summed E-state index contributed by atoms with van der Waals surface area (Å²) in [5.74, 6) is -0.737. The first-order valence-electron chi connectivity index (χ1n) is 5.57. The average molecular weight is 326 g/mol. The fourth-order valence-electron chi connectivity index (χ4n) is 1.69. The Balaban J connectivity index is 2.00. The maximum absolute atomic E-state index is 13.6. The number of benzene rings is 1. The van der Waals surface area contributed by atoms with Crippen LogP contribution in [0.15, 0.2) is 29.6 Å². The molecule has 0 unspecified atom stereocenters. The molecular weight excluding hydrogens is 321 g/mol. The van der Waals surface area contributed by atoms with Gasteiger partial charge in [-0.25, -0.2) is 4.98 Å². The highest BCUT2D eigenvalue weighted by Gasteiger charge is 2.16. The molecule has 0 radical (unpaired) electrons. The summed E-state index contributed by atoms with van der Waals surface area (Å²) in [6.45, 7) is 0. The second-order valence-corrected chi connectivity index (χ2v) is 5.14. The molecule has 0 aliphatic carbocycles. The minimum Gasteiger partial charge on any atom is -0.438 e. The number of halogens is 2. The third-order valence-corrected chi connectivity index (χ3v) is 3.57. The quantitative estimate of drug-likeness (QED) is 0.410. The van der Waals surface area contributed by atoms with E-state index in [2.05, 4.69) is 9.97 Å². The molecule has 0 saturated carbocycles. The first-order valence-corrected chi connectivity index (χ1v) is 6.83. The van der Waals surface area contributed by atoms with Crippen molar-refractivity contribution in [2.24, 2.45) is 0 Å². The maximum atomic E-state index is 13.6. The highest BCUT2D eigenvalue weighted by Crippen LogP contribution is 2.32. The van der Waals surface area contributed by atoms with Crippen molar-refractivity contribution < 1.29 is 14.1 Å². The zero-order valence-corrected chi connectivity index (χ0v) is 11.7. The molecule has 2 heterocycles. The van der Waals surface area contributed by atoms with E-state index in [9.17, 15) is 14.5 Å². The van der Waals surface area contributed by atoms with E-state index in [-0.39, 0.29) is 16.9 Å². The molecule has 0 amide bonds. The van der Waals surface area contributed by atoms with Gasteiger partial charge in [0.2, 0.25) is 17.0 Å². The molecule has 0 aliphatic rings. The summed E-state index contributed by atoms with van der Waals surface area (Å²) in [5, 5.41) is 13.0. The second kappa shape index (κ2) is 5.23. The number of hydrogen-bond donors (Lipinski definition) is 0. The molecule has 9 heteroatoms. The number of nitro groups is 1. The van der Waals surface area contributed by atoms with Crippen molar-refractivity contribution >= 4 is 38.8 Å². The molecule has 6 nitrogen and oxygen atoms in total. The lowest BCUT2D eigenvalue weighted by atomic mass is 10.3. The van der Waals surface area contributed by atoms with Gasteiger partial charge in [-0.15, -0.1) is 11.3 Å². The molecule has 0 spiro atoms. The van der Waals surface area contributed by atoms with Crippen molar-refractivity contribution in [3.8, 4) is 11.6 Å². The maximum Gasteiger partial charge on any atom is 0.305 e. The number of rotatable bonds is 3. The normalized spacial score (nSPS) is 10.8. The fraction of sp³-hybridized carbons (Fsp3) is 0. The molecule has 1 aromatic carbocycles. The van der Waals surface area contributed by atoms with Gasteiger partial charge < -0.3 is 4.74 Å². The van der Waals surface area contributed by atoms with Crippen molar-refractivity contribution in [2.45, 2.75) is 0 Å². The Morgan fingerprint density at radius 2 is 2.14 bits per heavy atom. The van der Waals surface area contributed by atoms with Crippen LogP contribution in [0.2, 0.25) is 5.28 Å². The van der Waals surface area contributed by atoms with Gasteiger partial charge in [-0.2, -0.15) is 9.37 Å². The van der Waals surface area contributed by atoms with Gasteiger partial charge in [0, 0.05) is 12.1 Å². The highest BCUT2D eigenvalue weighted by molar-refractivity contribution is 7.16. The largest absolute Gasteiger partial charge is 0.438 e. The van der Waals surface area contributed by atoms with Crippen LogP contribution in [0.4, 0.5) is 10.1 Å². The molecule has 0 atom stereocenters. The molecule has 0 saturated heterocycles.